The Kier molecular flexibility index (Phi) is 45.3. The number of phosphoric acid groups is 1. The van der Waals surface area contributed by atoms with Crippen LogP contribution in [-0.2, 0) is 32.7 Å². The SMILES string of the molecule is CCCCCCCC/C=C\CCCCCCCCCCCC(=O)O[C@H](COC(=O)CCCCCCCCCCCCCCCCCCCCC)COP(=O)(O)OCCN. The second-order valence-corrected chi connectivity index (χ2v) is 18.5. The number of phosphoric ester groups is 1. The molecule has 9 nitrogen and oxygen atoms in total. The fraction of sp³-hybridized carbons (Fsp3) is 0.918. The third-order valence-corrected chi connectivity index (χ3v) is 12.1. The van der Waals surface area contributed by atoms with E-state index in [2.05, 4.69) is 26.0 Å². The van der Waals surface area contributed by atoms with Crippen molar-refractivity contribution in [3.8, 4) is 0 Å². The monoisotopic (exact) mass is 858 g/mol. The summed E-state index contributed by atoms with van der Waals surface area (Å²) in [7, 11) is -4.38. The van der Waals surface area contributed by atoms with Gasteiger partial charge in [-0.1, -0.05) is 219 Å². The average molecular weight is 858 g/mol. The largest absolute Gasteiger partial charge is 0.472 e. The summed E-state index contributed by atoms with van der Waals surface area (Å²) in [5.41, 5.74) is 5.36. The lowest BCUT2D eigenvalue weighted by molar-refractivity contribution is -0.161. The zero-order chi connectivity index (χ0) is 43.2. The first-order chi connectivity index (χ1) is 28.8. The molecule has 0 spiro atoms. The van der Waals surface area contributed by atoms with Crippen LogP contribution in [0.15, 0.2) is 12.2 Å². The van der Waals surface area contributed by atoms with Crippen molar-refractivity contribution in [2.75, 3.05) is 26.4 Å². The van der Waals surface area contributed by atoms with Crippen molar-refractivity contribution in [2.24, 2.45) is 5.73 Å². The summed E-state index contributed by atoms with van der Waals surface area (Å²) >= 11 is 0. The van der Waals surface area contributed by atoms with E-state index in [9.17, 15) is 19.0 Å². The maximum absolute atomic E-state index is 12.6. The number of hydrogen-bond donors (Lipinski definition) is 2. The van der Waals surface area contributed by atoms with Gasteiger partial charge in [-0.05, 0) is 38.5 Å². The Bertz CT molecular complexity index is 980. The van der Waals surface area contributed by atoms with Crippen molar-refractivity contribution in [3.63, 3.8) is 0 Å². The zero-order valence-corrected chi connectivity index (χ0v) is 39.7. The Hall–Kier alpha value is -1.25. The molecule has 0 aliphatic heterocycles. The molecule has 0 saturated heterocycles. The summed E-state index contributed by atoms with van der Waals surface area (Å²) in [6.45, 7) is 3.78. The molecule has 59 heavy (non-hydrogen) atoms. The molecule has 3 N–H and O–H groups in total. The van der Waals surface area contributed by atoms with E-state index >= 15 is 0 Å². The first-order valence-electron chi connectivity index (χ1n) is 25.2. The lowest BCUT2D eigenvalue weighted by Gasteiger charge is -2.19. The molecule has 0 aromatic carbocycles. The van der Waals surface area contributed by atoms with E-state index in [0.29, 0.717) is 6.42 Å². The van der Waals surface area contributed by atoms with Gasteiger partial charge in [0.2, 0.25) is 0 Å². The van der Waals surface area contributed by atoms with Crippen LogP contribution in [0.2, 0.25) is 0 Å². The normalized spacial score (nSPS) is 13.2. The van der Waals surface area contributed by atoms with Gasteiger partial charge in [-0.3, -0.25) is 18.6 Å². The lowest BCUT2D eigenvalue weighted by Crippen LogP contribution is -2.29. The van der Waals surface area contributed by atoms with Crippen molar-refractivity contribution in [1.29, 1.82) is 0 Å². The topological polar surface area (TPSA) is 134 Å². The van der Waals surface area contributed by atoms with Gasteiger partial charge in [-0.25, -0.2) is 4.57 Å². The molecule has 0 radical (unpaired) electrons. The van der Waals surface area contributed by atoms with E-state index < -0.39 is 26.5 Å². The van der Waals surface area contributed by atoms with Crippen molar-refractivity contribution in [3.05, 3.63) is 12.2 Å². The summed E-state index contributed by atoms with van der Waals surface area (Å²) in [5, 5.41) is 0. The second kappa shape index (κ2) is 46.3. The van der Waals surface area contributed by atoms with Crippen molar-refractivity contribution in [2.45, 2.75) is 264 Å². The summed E-state index contributed by atoms with van der Waals surface area (Å²) in [6.07, 6.45) is 49.6. The first-order valence-corrected chi connectivity index (χ1v) is 26.7. The highest BCUT2D eigenvalue weighted by atomic mass is 31.2. The Morgan fingerprint density at radius 1 is 0.492 bits per heavy atom. The minimum atomic E-state index is -4.38. The number of ether oxygens (including phenoxy) is 2. The van der Waals surface area contributed by atoms with Gasteiger partial charge in [-0.15, -0.1) is 0 Å². The van der Waals surface area contributed by atoms with Crippen molar-refractivity contribution < 1.29 is 37.6 Å². The molecule has 0 aliphatic carbocycles. The van der Waals surface area contributed by atoms with E-state index in [1.807, 2.05) is 0 Å². The first kappa shape index (κ1) is 57.8. The predicted molar refractivity (Wildman–Crippen MR) is 248 cm³/mol. The molecule has 0 amide bonds. The van der Waals surface area contributed by atoms with Crippen molar-refractivity contribution in [1.82, 2.24) is 0 Å². The highest BCUT2D eigenvalue weighted by Crippen LogP contribution is 2.43. The minimum absolute atomic E-state index is 0.0562. The van der Waals surface area contributed by atoms with Crippen LogP contribution in [0.5, 0.6) is 0 Å². The second-order valence-electron chi connectivity index (χ2n) is 17.0. The van der Waals surface area contributed by atoms with Crippen LogP contribution >= 0.6 is 7.82 Å². The summed E-state index contributed by atoms with van der Waals surface area (Å²) in [6, 6.07) is 0. The van der Waals surface area contributed by atoms with Crippen molar-refractivity contribution >= 4 is 19.8 Å². The van der Waals surface area contributed by atoms with Crippen LogP contribution in [0.1, 0.15) is 258 Å². The molecule has 0 heterocycles. The van der Waals surface area contributed by atoms with Crippen LogP contribution in [0.4, 0.5) is 0 Å². The molecule has 0 aromatic rings. The lowest BCUT2D eigenvalue weighted by atomic mass is 10.0. The van der Waals surface area contributed by atoms with Crippen LogP contribution in [0, 0.1) is 0 Å². The van der Waals surface area contributed by atoms with Gasteiger partial charge in [0.1, 0.15) is 6.61 Å². The number of carbonyl (C=O) groups is 2. The quantitative estimate of drug-likeness (QED) is 0.0265. The number of esters is 2. The minimum Gasteiger partial charge on any atom is -0.462 e. The number of rotatable bonds is 48. The van der Waals surface area contributed by atoms with E-state index in [4.69, 9.17) is 24.3 Å². The average Bonchev–Trinajstić information content (AvgIpc) is 3.22. The summed E-state index contributed by atoms with van der Waals surface area (Å²) in [4.78, 5) is 35.0. The van der Waals surface area contributed by atoms with E-state index in [1.165, 1.54) is 186 Å². The fourth-order valence-electron chi connectivity index (χ4n) is 7.40. The third-order valence-electron chi connectivity index (χ3n) is 11.2. The Morgan fingerprint density at radius 2 is 0.831 bits per heavy atom. The van der Waals surface area contributed by atoms with Crippen LogP contribution < -0.4 is 5.73 Å². The van der Waals surface area contributed by atoms with Gasteiger partial charge in [-0.2, -0.15) is 0 Å². The van der Waals surface area contributed by atoms with E-state index in [1.54, 1.807) is 0 Å². The number of allylic oxidation sites excluding steroid dienone is 2. The number of carbonyl (C=O) groups excluding carboxylic acids is 2. The Morgan fingerprint density at radius 3 is 1.20 bits per heavy atom. The van der Waals surface area contributed by atoms with Gasteiger partial charge >= 0.3 is 19.8 Å². The molecule has 2 atom stereocenters. The van der Waals surface area contributed by atoms with E-state index in [0.717, 1.165) is 38.5 Å². The molecule has 0 bridgehead atoms. The highest BCUT2D eigenvalue weighted by molar-refractivity contribution is 7.47. The van der Waals surface area contributed by atoms with Crippen LogP contribution in [0.3, 0.4) is 0 Å². The number of unbranched alkanes of at least 4 members (excludes halogenated alkanes) is 33. The van der Waals surface area contributed by atoms with E-state index in [-0.39, 0.29) is 38.6 Å². The maximum atomic E-state index is 12.6. The highest BCUT2D eigenvalue weighted by Gasteiger charge is 2.26. The number of hydrogen-bond acceptors (Lipinski definition) is 8. The van der Waals surface area contributed by atoms with Gasteiger partial charge in [0.25, 0.3) is 0 Å². The standard InChI is InChI=1S/C49H96NO8P/c1-3-5-7-9-11-13-15-17-19-21-23-25-27-29-31-33-35-37-39-41-48(51)55-45-47(46-57-59(53,54)56-44-43-50)58-49(52)42-40-38-36-34-32-30-28-26-24-22-20-18-16-14-12-10-8-6-4-2/h18,20,47H,3-17,19,21-46,50H2,1-2H3,(H,53,54)/b20-18-/t47-/m1/s1. The predicted octanol–water partition coefficient (Wildman–Crippen LogP) is 15.0. The number of nitrogens with two attached hydrogens (primary N) is 1. The maximum Gasteiger partial charge on any atom is 0.472 e. The fourth-order valence-corrected chi connectivity index (χ4v) is 8.16. The molecule has 0 saturated carbocycles. The Balaban J connectivity index is 4.02. The molecular weight excluding hydrogens is 762 g/mol. The van der Waals surface area contributed by atoms with Gasteiger partial charge < -0.3 is 20.1 Å². The summed E-state index contributed by atoms with van der Waals surface area (Å²) in [5.74, 6) is -0.814. The molecule has 350 valence electrons. The molecule has 10 heteroatoms. The van der Waals surface area contributed by atoms with Gasteiger partial charge in [0.15, 0.2) is 6.10 Å². The molecule has 0 aliphatic rings. The molecule has 1 unspecified atom stereocenters. The smallest absolute Gasteiger partial charge is 0.462 e. The van der Waals surface area contributed by atoms with Crippen LogP contribution in [0.25, 0.3) is 0 Å². The zero-order valence-electron chi connectivity index (χ0n) is 38.8. The molecule has 0 fully saturated rings. The summed E-state index contributed by atoms with van der Waals surface area (Å²) < 4.78 is 32.9. The van der Waals surface area contributed by atoms with Gasteiger partial charge in [0.05, 0.1) is 13.2 Å². The van der Waals surface area contributed by atoms with Crippen LogP contribution in [-0.4, -0.2) is 49.3 Å². The Labute approximate surface area is 364 Å². The molecular formula is C49H96NO8P. The molecule has 0 aromatic heterocycles. The van der Waals surface area contributed by atoms with Gasteiger partial charge in [0, 0.05) is 19.4 Å². The molecule has 0 rings (SSSR count). The third kappa shape index (κ3) is 46.1.